The first-order chi connectivity index (χ1) is 60.0. The minimum absolute atomic E-state index is 0.0209. The fraction of sp³-hybridized carbons (Fsp3) is 0.710. The second kappa shape index (κ2) is 37.2. The van der Waals surface area contributed by atoms with Crippen LogP contribution in [0.2, 0.25) is 0 Å². The first-order valence-electron chi connectivity index (χ1n) is 35.6. The summed E-state index contributed by atoms with van der Waals surface area (Å²) >= 11 is 2.02. The molecule has 1 saturated heterocycles. The Morgan fingerprint density at radius 1 is 0.275 bits per heavy atom. The molecule has 0 amide bonds. The molecule has 3 nitrogen and oxygen atoms in total. The SMILES string of the molecule is CC(C)Oc1c([CH]=[Ru+])cccc1CCC(F)(F)C(F)(F)C(F)(F)C(F)(F)C(F)(F)C(F)(F)F.Cc1cc(CCC(F)(F)C(F)(F)C(F)(F)C(F)(F)C(F)(F)C(F)(F)F)cc(C)c1N1[CH-]N(c2c(C)cc(CCC(F)(F)C(F)(F)C(F)(F)C(F)(F)C(F)(F)C(F)(F)F)cc2C)[C@H](CCC(F)(F)C(F)(F)C(F)(F)C(F)(F)C(F)(F)C(F)(F)F)[C@H]1CCC(F)(F)C(F)(F)C(F)(F)C(F)(F)C(F)(F)C(F)(F)F. The van der Waals surface area contributed by atoms with Gasteiger partial charge in [-0.05, 0) is 86.8 Å². The van der Waals surface area contributed by atoms with Gasteiger partial charge in [0.05, 0.1) is 0 Å². The van der Waals surface area contributed by atoms with Crippen LogP contribution in [0.15, 0.2) is 42.5 Å². The molecule has 4 rings (SSSR count). The predicted molar refractivity (Wildman–Crippen MR) is 333 cm³/mol. The molecule has 0 aliphatic carbocycles. The standard InChI is InChI=1S/C51H35F52N2.C18H15F13O.Ru/c1-18-13-22(5-9-28(52,53)32(60,61)36(68,69)40(76,77)44(84,85)48(92,93)94)14-19(2)26(18)104-17-105(27-20(3)15-23(16-21(27)4)6-10-29(54,55)33(62,63)37(70,71)41(78,79)45(86,87)49(95,96)97)25(8-12-31(58,59)35(66,67)39(74,75)43(82,83)47(90,91)51(101,102)103)24(104)7-11-30(56,57)34(64,65)38(72,73)42(80,81)46(88,89)50(98,99)100;1-9(2)32-12-10(3)5-4-6-11(12)7-8-13(19,20)14(21,22)15(23,24)16(25,26)17(27,28)18(29,30)31;/h13-17,24-25H,5-12H2,1-4H3;3-6,9H,7-8H2,1-2H3;/q-1;;+1/t24-,25-;;/m1../s1. The van der Waals surface area contributed by atoms with Crippen molar-refractivity contribution >= 4 is 16.0 Å². The number of halogens is 65. The summed E-state index contributed by atoms with van der Waals surface area (Å²) in [6.07, 6.45) is -67.9. The molecule has 0 bridgehead atoms. The van der Waals surface area contributed by atoms with E-state index in [0.717, 1.165) is 6.07 Å². The Morgan fingerprint density at radius 3 is 0.652 bits per heavy atom. The van der Waals surface area contributed by atoms with Gasteiger partial charge in [0.15, 0.2) is 0 Å². The van der Waals surface area contributed by atoms with Crippen LogP contribution < -0.4 is 14.5 Å². The number of hydrogen-bond donors (Lipinski definition) is 0. The summed E-state index contributed by atoms with van der Waals surface area (Å²) in [6, 6.07) is -3.20. The third-order valence-corrected chi connectivity index (χ3v) is 20.8. The van der Waals surface area contributed by atoms with Crippen LogP contribution in [0.3, 0.4) is 0 Å². The Labute approximate surface area is 734 Å². The molecule has 3 aromatic rings. The molecule has 3 aromatic carbocycles. The molecular formula is C69H50F65N2ORu. The zero-order valence-electron chi connectivity index (χ0n) is 66.7. The van der Waals surface area contributed by atoms with Gasteiger partial charge in [-0.15, -0.1) is 0 Å². The van der Waals surface area contributed by atoms with E-state index in [1.807, 2.05) is 17.9 Å². The molecule has 2 atom stereocenters. The summed E-state index contributed by atoms with van der Waals surface area (Å²) in [5.74, 6) is -202. The molecule has 0 saturated carbocycles. The molecule has 805 valence electrons. The van der Waals surface area contributed by atoms with Crippen molar-refractivity contribution < 1.29 is 308 Å². The summed E-state index contributed by atoms with van der Waals surface area (Å²) in [5, 5.41) is 0. The smallest absolute Gasteiger partial charge is 0.499 e. The topological polar surface area (TPSA) is 15.7 Å². The molecule has 1 aliphatic heterocycles. The van der Waals surface area contributed by atoms with Crippen LogP contribution in [-0.2, 0) is 37.1 Å². The molecular weight excluding hydrogens is 2210 g/mol. The van der Waals surface area contributed by atoms with Crippen LogP contribution in [0.25, 0.3) is 0 Å². The first kappa shape index (κ1) is 125. The maximum absolute atomic E-state index is 15.8. The Kier molecular flexibility index (Phi) is 33.8. The quantitative estimate of drug-likeness (QED) is 0.0321. The van der Waals surface area contributed by atoms with Crippen LogP contribution >= 0.6 is 0 Å². The van der Waals surface area contributed by atoms with Crippen molar-refractivity contribution in [1.29, 1.82) is 0 Å². The predicted octanol–water partition coefficient (Wildman–Crippen LogP) is 30.3. The van der Waals surface area contributed by atoms with Gasteiger partial charge in [0, 0.05) is 49.1 Å². The maximum atomic E-state index is 15.8. The molecule has 1 heterocycles. The van der Waals surface area contributed by atoms with Crippen LogP contribution in [0.5, 0.6) is 5.75 Å². The van der Waals surface area contributed by atoms with Crippen molar-refractivity contribution in [2.45, 2.75) is 303 Å². The van der Waals surface area contributed by atoms with Crippen molar-refractivity contribution in [1.82, 2.24) is 0 Å². The zero-order valence-corrected chi connectivity index (χ0v) is 68.5. The van der Waals surface area contributed by atoms with E-state index in [0.29, 0.717) is 27.7 Å². The van der Waals surface area contributed by atoms with Gasteiger partial charge in [0.1, 0.15) is 0 Å². The fourth-order valence-corrected chi connectivity index (χ4v) is 13.0. The van der Waals surface area contributed by atoms with Crippen molar-refractivity contribution in [3.8, 4) is 5.75 Å². The number of hydrogen-bond acceptors (Lipinski definition) is 3. The Morgan fingerprint density at radius 2 is 0.464 bits per heavy atom. The molecule has 69 heteroatoms. The number of ether oxygens (including phenoxy) is 1. The Balaban J connectivity index is 0.00000124. The summed E-state index contributed by atoms with van der Waals surface area (Å²) in [7, 11) is 0. The van der Waals surface area contributed by atoms with Gasteiger partial charge >= 0.3 is 318 Å². The number of anilines is 2. The van der Waals surface area contributed by atoms with Gasteiger partial charge in [-0.1, -0.05) is 24.3 Å². The van der Waals surface area contributed by atoms with Gasteiger partial charge in [0.2, 0.25) is 0 Å². The number of benzene rings is 3. The Bertz CT molecular complexity index is 4440. The first-order valence-corrected chi connectivity index (χ1v) is 36.6. The summed E-state index contributed by atoms with van der Waals surface area (Å²) in [5.41, 5.74) is -10.2. The van der Waals surface area contributed by atoms with Crippen molar-refractivity contribution in [3.63, 3.8) is 0 Å². The van der Waals surface area contributed by atoms with Crippen LogP contribution in [0.1, 0.15) is 103 Å². The molecule has 138 heavy (non-hydrogen) atoms. The molecule has 1 aliphatic rings. The second-order valence-electron chi connectivity index (χ2n) is 30.4. The molecule has 0 radical (unpaired) electrons. The number of nitrogens with zero attached hydrogens (tertiary/aromatic N) is 2. The summed E-state index contributed by atoms with van der Waals surface area (Å²) in [4.78, 5) is -0.554. The zero-order chi connectivity index (χ0) is 110. The average molecular weight is 2260 g/mol. The Hall–Kier alpha value is -7.00. The van der Waals surface area contributed by atoms with E-state index in [1.54, 1.807) is 0 Å². The number of aryl methyl sites for hydroxylation is 7. The number of rotatable bonds is 40. The molecule has 0 spiro atoms. The van der Waals surface area contributed by atoms with E-state index in [-0.39, 0.29) is 57.6 Å². The monoisotopic (exact) mass is 2260 g/mol. The van der Waals surface area contributed by atoms with Crippen molar-refractivity contribution in [3.05, 3.63) is 93.6 Å². The van der Waals surface area contributed by atoms with Gasteiger partial charge in [0.25, 0.3) is 0 Å². The third kappa shape index (κ3) is 20.1. The molecule has 0 unspecified atom stereocenters. The average Bonchev–Trinajstić information content (AvgIpc) is 0.799. The van der Waals surface area contributed by atoms with Gasteiger partial charge < -0.3 is 9.80 Å². The molecule has 0 aromatic heterocycles. The van der Waals surface area contributed by atoms with Gasteiger partial charge in [-0.25, -0.2) is 0 Å². The summed E-state index contributed by atoms with van der Waals surface area (Å²) < 4.78 is 913. The van der Waals surface area contributed by atoms with Crippen molar-refractivity contribution in [2.75, 3.05) is 9.80 Å². The van der Waals surface area contributed by atoms with Crippen LogP contribution in [0, 0.1) is 34.4 Å². The van der Waals surface area contributed by atoms with E-state index in [1.165, 1.54) is 30.6 Å². The minimum atomic E-state index is -8.84. The summed E-state index contributed by atoms with van der Waals surface area (Å²) in [6.45, 7) is 4.01. The second-order valence-corrected chi connectivity index (χ2v) is 30.9. The normalized spacial score (nSPS) is 17.3. The van der Waals surface area contributed by atoms with E-state index in [4.69, 9.17) is 4.74 Å². The third-order valence-electron chi connectivity index (χ3n) is 20.3. The van der Waals surface area contributed by atoms with E-state index in [9.17, 15) is 250 Å². The van der Waals surface area contributed by atoms with Crippen LogP contribution in [0.4, 0.5) is 297 Å². The van der Waals surface area contributed by atoms with E-state index in [2.05, 4.69) is 0 Å². The van der Waals surface area contributed by atoms with Gasteiger partial charge in [-0.3, -0.25) is 0 Å². The van der Waals surface area contributed by atoms with E-state index < -0.39 is 306 Å². The van der Waals surface area contributed by atoms with E-state index >= 15 is 35.1 Å². The van der Waals surface area contributed by atoms with Gasteiger partial charge in [-0.2, -0.15) is 248 Å². The number of alkyl halides is 65. The van der Waals surface area contributed by atoms with Crippen molar-refractivity contribution in [2.24, 2.45) is 0 Å². The molecule has 1 fully saturated rings. The minimum Gasteiger partial charge on any atom is -0.499 e. The fourth-order valence-electron chi connectivity index (χ4n) is 12.6. The van der Waals surface area contributed by atoms with Crippen LogP contribution in [-0.4, -0.2) is 202 Å². The molecule has 0 N–H and O–H groups in total. The number of para-hydroxylation sites is 1.